The van der Waals surface area contributed by atoms with E-state index in [1.807, 2.05) is 12.1 Å². The average Bonchev–Trinajstić information content (AvgIpc) is 2.71. The number of amides is 1. The van der Waals surface area contributed by atoms with E-state index in [1.54, 1.807) is 24.3 Å². The fraction of sp³-hybridized carbons (Fsp3) is 0.190. The lowest BCUT2D eigenvalue weighted by Crippen LogP contribution is -2.39. The van der Waals surface area contributed by atoms with Gasteiger partial charge >= 0.3 is 0 Å². The van der Waals surface area contributed by atoms with Crippen LogP contribution in [0.15, 0.2) is 65.5 Å². The Balaban J connectivity index is 1.59. The standard InChI is InChI=1S/C21H19ClFN3O3/c1-14(29-19-5-3-2-4-17(19)23)21(28)24-12-13-26-20(27)11-10-18(25-26)15-6-8-16(22)9-7-15/h2-11,14H,12-13H2,1H3,(H,24,28). The van der Waals surface area contributed by atoms with E-state index in [0.717, 1.165) is 5.56 Å². The van der Waals surface area contributed by atoms with Gasteiger partial charge in [-0.25, -0.2) is 9.07 Å². The summed E-state index contributed by atoms with van der Waals surface area (Å²) in [7, 11) is 0. The first kappa shape index (κ1) is 20.5. The van der Waals surface area contributed by atoms with Gasteiger partial charge < -0.3 is 10.1 Å². The zero-order chi connectivity index (χ0) is 20.8. The number of para-hydroxylation sites is 1. The molecule has 0 fully saturated rings. The van der Waals surface area contributed by atoms with Gasteiger partial charge in [0.1, 0.15) is 0 Å². The highest BCUT2D eigenvalue weighted by atomic mass is 35.5. The number of nitrogens with zero attached hydrogens (tertiary/aromatic N) is 2. The molecule has 1 atom stereocenters. The maximum absolute atomic E-state index is 13.6. The fourth-order valence-corrected chi connectivity index (χ4v) is 2.72. The van der Waals surface area contributed by atoms with E-state index in [1.165, 1.54) is 35.9 Å². The summed E-state index contributed by atoms with van der Waals surface area (Å²) in [6, 6.07) is 16.0. The summed E-state index contributed by atoms with van der Waals surface area (Å²) in [5, 5.41) is 7.59. The van der Waals surface area contributed by atoms with Gasteiger partial charge in [0.2, 0.25) is 0 Å². The average molecular weight is 416 g/mol. The number of carbonyl (C=O) groups is 1. The van der Waals surface area contributed by atoms with Gasteiger partial charge in [-0.1, -0.05) is 35.9 Å². The maximum Gasteiger partial charge on any atom is 0.266 e. The van der Waals surface area contributed by atoms with Crippen LogP contribution in [0.3, 0.4) is 0 Å². The monoisotopic (exact) mass is 415 g/mol. The van der Waals surface area contributed by atoms with Gasteiger partial charge in [-0.15, -0.1) is 0 Å². The van der Waals surface area contributed by atoms with Crippen LogP contribution in [0, 0.1) is 5.82 Å². The SMILES string of the molecule is CC(Oc1ccccc1F)C(=O)NCCn1nc(-c2ccc(Cl)cc2)ccc1=O. The van der Waals surface area contributed by atoms with E-state index in [0.29, 0.717) is 10.7 Å². The van der Waals surface area contributed by atoms with Gasteiger partial charge in [0.05, 0.1) is 12.2 Å². The van der Waals surface area contributed by atoms with Crippen molar-refractivity contribution in [2.24, 2.45) is 0 Å². The van der Waals surface area contributed by atoms with Crippen molar-refractivity contribution < 1.29 is 13.9 Å². The van der Waals surface area contributed by atoms with Crippen LogP contribution < -0.4 is 15.6 Å². The van der Waals surface area contributed by atoms with Crippen molar-refractivity contribution in [2.45, 2.75) is 19.6 Å². The Morgan fingerprint density at radius 3 is 2.62 bits per heavy atom. The van der Waals surface area contributed by atoms with Crippen LogP contribution in [-0.2, 0) is 11.3 Å². The predicted octanol–water partition coefficient (Wildman–Crippen LogP) is 3.29. The molecule has 6 nitrogen and oxygen atoms in total. The smallest absolute Gasteiger partial charge is 0.266 e. The summed E-state index contributed by atoms with van der Waals surface area (Å²) >= 11 is 5.89. The van der Waals surface area contributed by atoms with E-state index in [2.05, 4.69) is 10.4 Å². The van der Waals surface area contributed by atoms with Gasteiger partial charge in [-0.2, -0.15) is 5.10 Å². The zero-order valence-corrected chi connectivity index (χ0v) is 16.4. The Morgan fingerprint density at radius 2 is 1.90 bits per heavy atom. The van der Waals surface area contributed by atoms with Crippen molar-refractivity contribution in [1.29, 1.82) is 0 Å². The molecule has 1 amide bonds. The Labute approximate surface area is 171 Å². The number of hydrogen-bond donors (Lipinski definition) is 1. The molecule has 1 N–H and O–H groups in total. The highest BCUT2D eigenvalue weighted by Crippen LogP contribution is 2.18. The van der Waals surface area contributed by atoms with Gasteiger partial charge in [0, 0.05) is 23.2 Å². The zero-order valence-electron chi connectivity index (χ0n) is 15.6. The molecule has 0 radical (unpaired) electrons. The van der Waals surface area contributed by atoms with Gasteiger partial charge in [-0.05, 0) is 37.3 Å². The van der Waals surface area contributed by atoms with Crippen LogP contribution in [0.2, 0.25) is 5.02 Å². The minimum absolute atomic E-state index is 0.00343. The predicted molar refractivity (Wildman–Crippen MR) is 108 cm³/mol. The van der Waals surface area contributed by atoms with Crippen LogP contribution in [-0.4, -0.2) is 28.3 Å². The van der Waals surface area contributed by atoms with Crippen molar-refractivity contribution in [3.05, 3.63) is 81.9 Å². The maximum atomic E-state index is 13.6. The second kappa shape index (κ2) is 9.34. The number of rotatable bonds is 7. The molecule has 1 aromatic heterocycles. The first-order chi connectivity index (χ1) is 13.9. The summed E-state index contributed by atoms with van der Waals surface area (Å²) < 4.78 is 20.2. The van der Waals surface area contributed by atoms with Crippen molar-refractivity contribution in [3.63, 3.8) is 0 Å². The van der Waals surface area contributed by atoms with E-state index in [-0.39, 0.29) is 24.4 Å². The second-order valence-corrected chi connectivity index (χ2v) is 6.70. The molecule has 29 heavy (non-hydrogen) atoms. The molecule has 0 aliphatic rings. The molecule has 1 unspecified atom stereocenters. The van der Waals surface area contributed by atoms with Crippen LogP contribution in [0.25, 0.3) is 11.3 Å². The van der Waals surface area contributed by atoms with E-state index < -0.39 is 17.8 Å². The second-order valence-electron chi connectivity index (χ2n) is 6.27. The van der Waals surface area contributed by atoms with Crippen molar-refractivity contribution >= 4 is 17.5 Å². The highest BCUT2D eigenvalue weighted by molar-refractivity contribution is 6.30. The lowest BCUT2D eigenvalue weighted by Gasteiger charge is -2.15. The molecule has 0 aliphatic carbocycles. The molecule has 3 aromatic rings. The van der Waals surface area contributed by atoms with Crippen LogP contribution >= 0.6 is 11.6 Å². The minimum Gasteiger partial charge on any atom is -0.478 e. The van der Waals surface area contributed by atoms with Crippen molar-refractivity contribution in [1.82, 2.24) is 15.1 Å². The molecular weight excluding hydrogens is 397 g/mol. The quantitative estimate of drug-likeness (QED) is 0.642. The summed E-state index contributed by atoms with van der Waals surface area (Å²) in [4.78, 5) is 24.2. The number of ether oxygens (including phenoxy) is 1. The van der Waals surface area contributed by atoms with Gasteiger partial charge in [0.25, 0.3) is 11.5 Å². The summed E-state index contributed by atoms with van der Waals surface area (Å²) in [6.07, 6.45) is -0.892. The molecule has 0 spiro atoms. The first-order valence-electron chi connectivity index (χ1n) is 8.97. The Kier molecular flexibility index (Phi) is 6.61. The number of benzene rings is 2. The van der Waals surface area contributed by atoms with Crippen LogP contribution in [0.1, 0.15) is 6.92 Å². The molecule has 1 heterocycles. The molecule has 0 bridgehead atoms. The first-order valence-corrected chi connectivity index (χ1v) is 9.35. The van der Waals surface area contributed by atoms with Crippen molar-refractivity contribution in [3.8, 4) is 17.0 Å². The van der Waals surface area contributed by atoms with E-state index >= 15 is 0 Å². The molecule has 0 aliphatic heterocycles. The van der Waals surface area contributed by atoms with Gasteiger partial charge in [-0.3, -0.25) is 9.59 Å². The third-order valence-corrected chi connectivity index (χ3v) is 4.39. The Bertz CT molecular complexity index is 1050. The van der Waals surface area contributed by atoms with Gasteiger partial charge in [0.15, 0.2) is 17.7 Å². The third kappa shape index (κ3) is 5.42. The largest absolute Gasteiger partial charge is 0.478 e. The molecule has 0 saturated carbocycles. The number of aromatic nitrogens is 2. The minimum atomic E-state index is -0.892. The fourth-order valence-electron chi connectivity index (χ4n) is 2.60. The lowest BCUT2D eigenvalue weighted by atomic mass is 10.1. The third-order valence-electron chi connectivity index (χ3n) is 4.14. The van der Waals surface area contributed by atoms with E-state index in [4.69, 9.17) is 16.3 Å². The number of hydrogen-bond acceptors (Lipinski definition) is 4. The molecule has 3 rings (SSSR count). The van der Waals surface area contributed by atoms with Crippen molar-refractivity contribution in [2.75, 3.05) is 6.54 Å². The summed E-state index contributed by atoms with van der Waals surface area (Å²) in [5.41, 5.74) is 1.15. The number of nitrogens with one attached hydrogen (secondary N) is 1. The summed E-state index contributed by atoms with van der Waals surface area (Å²) in [6.45, 7) is 1.87. The molecule has 0 saturated heterocycles. The van der Waals surface area contributed by atoms with Crippen LogP contribution in [0.5, 0.6) is 5.75 Å². The lowest BCUT2D eigenvalue weighted by molar-refractivity contribution is -0.127. The molecule has 2 aromatic carbocycles. The normalized spacial score (nSPS) is 11.7. The topological polar surface area (TPSA) is 73.2 Å². The Hall–Kier alpha value is -3.19. The summed E-state index contributed by atoms with van der Waals surface area (Å²) in [5.74, 6) is -0.958. The molecule has 8 heteroatoms. The molecular formula is C21H19ClFN3O3. The molecule has 150 valence electrons. The number of carbonyl (C=O) groups excluding carboxylic acids is 1. The number of halogens is 2. The van der Waals surface area contributed by atoms with Crippen LogP contribution in [0.4, 0.5) is 4.39 Å². The Morgan fingerprint density at radius 1 is 1.17 bits per heavy atom. The highest BCUT2D eigenvalue weighted by Gasteiger charge is 2.16. The van der Waals surface area contributed by atoms with E-state index in [9.17, 15) is 14.0 Å².